The minimum Gasteiger partial charge on any atom is -0.310 e. The molecule has 0 atom stereocenters. The van der Waals surface area contributed by atoms with Gasteiger partial charge in [-0.3, -0.25) is 0 Å². The Morgan fingerprint density at radius 2 is 0.672 bits per heavy atom. The number of hydrogen-bond donors (Lipinski definition) is 0. The number of rotatable bonds is 8. The molecule has 0 fully saturated rings. The highest BCUT2D eigenvalue weighted by Crippen LogP contribution is 2.45. The molecule has 0 saturated heterocycles. The Bertz CT molecular complexity index is 3890. The van der Waals surface area contributed by atoms with Gasteiger partial charge in [0, 0.05) is 54.0 Å². The van der Waals surface area contributed by atoms with Crippen LogP contribution in [-0.2, 0) is 0 Å². The third kappa shape index (κ3) is 6.71. The van der Waals surface area contributed by atoms with Crippen LogP contribution in [0, 0.1) is 0 Å². The predicted molar refractivity (Wildman–Crippen MR) is 290 cm³/mol. The number of benzene rings is 12. The maximum absolute atomic E-state index is 2.41. The van der Waals surface area contributed by atoms with Crippen LogP contribution in [0.3, 0.4) is 0 Å². The molecule has 0 aliphatic heterocycles. The van der Waals surface area contributed by atoms with Gasteiger partial charge in [-0.2, -0.15) is 0 Å². The normalized spacial score (nSPS) is 11.6. The smallest absolute Gasteiger partial charge is 0.0540 e. The van der Waals surface area contributed by atoms with Crippen molar-refractivity contribution in [3.05, 3.63) is 255 Å². The third-order valence-corrected chi connectivity index (χ3v) is 14.6. The second-order valence-corrected chi connectivity index (χ2v) is 18.3. The van der Waals surface area contributed by atoms with Gasteiger partial charge in [0.15, 0.2) is 0 Å². The fraction of sp³-hybridized carbons (Fsp3) is 0. The van der Waals surface area contributed by atoms with Gasteiger partial charge in [-0.15, -0.1) is 11.3 Å². The second-order valence-electron chi connectivity index (χ2n) is 17.2. The summed E-state index contributed by atoms with van der Waals surface area (Å²) in [5, 5.41) is 12.6. The largest absolute Gasteiger partial charge is 0.310 e. The highest BCUT2D eigenvalue weighted by atomic mass is 32.1. The van der Waals surface area contributed by atoms with Crippen LogP contribution in [-0.4, -0.2) is 0 Å². The standard InChI is InChI=1S/C64H42N2S/c1-3-15-46(16-4-1)66(47-17-5-2-6-18-47)62-39-38-51(52-19-11-12-24-58(52)62)44-29-34-49(35-30-44)65(50-36-37-57-55-22-8-7-20-53(55)54-21-9-10-23-56(54)60(57)42-50)48-32-27-43(28-33-48)45-31-40-64-61(41-45)59-25-13-14-26-63(59)67-64/h1-42H. The maximum Gasteiger partial charge on any atom is 0.0540 e. The van der Waals surface area contributed by atoms with E-state index in [2.05, 4.69) is 265 Å². The van der Waals surface area contributed by atoms with E-state index in [1.54, 1.807) is 0 Å². The van der Waals surface area contributed by atoms with Crippen molar-refractivity contribution in [2.75, 3.05) is 9.80 Å². The van der Waals surface area contributed by atoms with Gasteiger partial charge in [-0.25, -0.2) is 0 Å². The van der Waals surface area contributed by atoms with Crippen molar-refractivity contribution < 1.29 is 0 Å². The predicted octanol–water partition coefficient (Wildman–Crippen LogP) is 18.9. The van der Waals surface area contributed by atoms with Crippen molar-refractivity contribution >= 4 is 109 Å². The van der Waals surface area contributed by atoms with Gasteiger partial charge in [-0.1, -0.05) is 170 Å². The fourth-order valence-electron chi connectivity index (χ4n) is 10.3. The van der Waals surface area contributed by atoms with Crippen molar-refractivity contribution in [3.63, 3.8) is 0 Å². The summed E-state index contributed by atoms with van der Waals surface area (Å²) in [5.74, 6) is 0. The molecule has 0 aliphatic carbocycles. The molecular formula is C64H42N2S. The van der Waals surface area contributed by atoms with Crippen LogP contribution in [0.15, 0.2) is 255 Å². The zero-order valence-electron chi connectivity index (χ0n) is 36.6. The molecule has 0 saturated carbocycles. The summed E-state index contributed by atoms with van der Waals surface area (Å²) in [6.07, 6.45) is 0. The average molecular weight is 871 g/mol. The number of nitrogens with zero attached hydrogens (tertiary/aromatic N) is 2. The van der Waals surface area contributed by atoms with Crippen LogP contribution in [0.2, 0.25) is 0 Å². The summed E-state index contributed by atoms with van der Waals surface area (Å²) in [6, 6.07) is 93.2. The summed E-state index contributed by atoms with van der Waals surface area (Å²) in [5.41, 5.74) is 11.5. The average Bonchev–Trinajstić information content (AvgIpc) is 3.78. The van der Waals surface area contributed by atoms with E-state index in [9.17, 15) is 0 Å². The first-order chi connectivity index (χ1) is 33.2. The van der Waals surface area contributed by atoms with Gasteiger partial charge >= 0.3 is 0 Å². The molecule has 3 heteroatoms. The van der Waals surface area contributed by atoms with Gasteiger partial charge in [0.05, 0.1) is 5.69 Å². The van der Waals surface area contributed by atoms with Gasteiger partial charge in [0.1, 0.15) is 0 Å². The van der Waals surface area contributed by atoms with Crippen LogP contribution in [0.25, 0.3) is 85.5 Å². The van der Waals surface area contributed by atoms with Crippen molar-refractivity contribution in [1.29, 1.82) is 0 Å². The van der Waals surface area contributed by atoms with Crippen molar-refractivity contribution in [3.8, 4) is 22.3 Å². The molecule has 0 unspecified atom stereocenters. The molecule has 0 spiro atoms. The number of fused-ring (bicyclic) bond motifs is 10. The van der Waals surface area contributed by atoms with Crippen molar-refractivity contribution in [2.45, 2.75) is 0 Å². The lowest BCUT2D eigenvalue weighted by Crippen LogP contribution is -2.10. The molecule has 13 aromatic rings. The first kappa shape index (κ1) is 38.9. The van der Waals surface area contributed by atoms with Crippen LogP contribution >= 0.6 is 11.3 Å². The topological polar surface area (TPSA) is 6.48 Å². The minimum absolute atomic E-state index is 1.09. The van der Waals surface area contributed by atoms with Crippen LogP contribution < -0.4 is 9.80 Å². The van der Waals surface area contributed by atoms with E-state index in [-0.39, 0.29) is 0 Å². The molecule has 12 aromatic carbocycles. The summed E-state index contributed by atoms with van der Waals surface area (Å²) in [4.78, 5) is 4.77. The first-order valence-corrected chi connectivity index (χ1v) is 23.7. The Kier molecular flexibility index (Phi) is 9.40. The van der Waals surface area contributed by atoms with E-state index in [1.807, 2.05) is 11.3 Å². The number of anilines is 6. The highest BCUT2D eigenvalue weighted by Gasteiger charge is 2.19. The molecule has 0 aliphatic rings. The van der Waals surface area contributed by atoms with E-state index in [0.717, 1.165) is 34.1 Å². The summed E-state index contributed by atoms with van der Waals surface area (Å²) in [7, 11) is 0. The molecule has 13 rings (SSSR count). The molecule has 67 heavy (non-hydrogen) atoms. The van der Waals surface area contributed by atoms with Crippen LogP contribution in [0.1, 0.15) is 0 Å². The summed E-state index contributed by atoms with van der Waals surface area (Å²) >= 11 is 1.86. The van der Waals surface area contributed by atoms with Crippen molar-refractivity contribution in [2.24, 2.45) is 0 Å². The molecule has 1 aromatic heterocycles. The number of hydrogen-bond acceptors (Lipinski definition) is 3. The maximum atomic E-state index is 2.41. The number of para-hydroxylation sites is 2. The van der Waals surface area contributed by atoms with Gasteiger partial charge in [0.2, 0.25) is 0 Å². The third-order valence-electron chi connectivity index (χ3n) is 13.4. The Balaban J connectivity index is 0.936. The first-order valence-electron chi connectivity index (χ1n) is 22.9. The van der Waals surface area contributed by atoms with E-state index >= 15 is 0 Å². The van der Waals surface area contributed by atoms with E-state index in [1.165, 1.54) is 85.5 Å². The van der Waals surface area contributed by atoms with Crippen molar-refractivity contribution in [1.82, 2.24) is 0 Å². The van der Waals surface area contributed by atoms with E-state index < -0.39 is 0 Å². The van der Waals surface area contributed by atoms with E-state index in [4.69, 9.17) is 0 Å². The molecule has 2 nitrogen and oxygen atoms in total. The quantitative estimate of drug-likeness (QED) is 0.140. The molecule has 314 valence electrons. The Hall–Kier alpha value is -8.50. The molecular weight excluding hydrogens is 829 g/mol. The highest BCUT2D eigenvalue weighted by molar-refractivity contribution is 7.25. The summed E-state index contributed by atoms with van der Waals surface area (Å²) in [6.45, 7) is 0. The Morgan fingerprint density at radius 1 is 0.224 bits per heavy atom. The Labute approximate surface area is 393 Å². The van der Waals surface area contributed by atoms with Gasteiger partial charge in [0.25, 0.3) is 0 Å². The number of thiophene rings is 1. The van der Waals surface area contributed by atoms with Crippen LogP contribution in [0.5, 0.6) is 0 Å². The lowest BCUT2D eigenvalue weighted by molar-refractivity contribution is 1.29. The van der Waals surface area contributed by atoms with Crippen LogP contribution in [0.4, 0.5) is 34.1 Å². The molecule has 0 bridgehead atoms. The lowest BCUT2D eigenvalue weighted by Gasteiger charge is -2.28. The SMILES string of the molecule is c1ccc(N(c2ccccc2)c2ccc(-c3ccc(N(c4ccc(-c5ccc6sc7ccccc7c6c5)cc4)c4ccc5c6ccccc6c6ccccc6c5c4)cc3)c3ccccc23)cc1. The minimum atomic E-state index is 1.09. The lowest BCUT2D eigenvalue weighted by atomic mass is 9.94. The fourth-order valence-corrected chi connectivity index (χ4v) is 11.4. The second kappa shape index (κ2) is 16.2. The monoisotopic (exact) mass is 870 g/mol. The molecule has 0 radical (unpaired) electrons. The molecule has 1 heterocycles. The molecule has 0 amide bonds. The van der Waals surface area contributed by atoms with E-state index in [0.29, 0.717) is 0 Å². The van der Waals surface area contributed by atoms with Gasteiger partial charge in [-0.05, 0) is 145 Å². The summed E-state index contributed by atoms with van der Waals surface area (Å²) < 4.78 is 2.64. The zero-order chi connectivity index (χ0) is 44.3. The molecule has 0 N–H and O–H groups in total. The Morgan fingerprint density at radius 3 is 1.30 bits per heavy atom. The van der Waals surface area contributed by atoms with Gasteiger partial charge < -0.3 is 9.80 Å². The zero-order valence-corrected chi connectivity index (χ0v) is 37.4.